The van der Waals surface area contributed by atoms with Crippen molar-refractivity contribution in [2.45, 2.75) is 25.8 Å². The van der Waals surface area contributed by atoms with E-state index in [-0.39, 0.29) is 10.6 Å². The molecule has 1 unspecified atom stereocenters. The Morgan fingerprint density at radius 2 is 2.25 bits per heavy atom. The molecule has 20 heavy (non-hydrogen) atoms. The Kier molecular flexibility index (Phi) is 5.51. The summed E-state index contributed by atoms with van der Waals surface area (Å²) < 4.78 is 0.761. The number of halogens is 1. The highest BCUT2D eigenvalue weighted by Crippen LogP contribution is 2.25. The van der Waals surface area contributed by atoms with Crippen LogP contribution in [0.4, 0.5) is 5.69 Å². The van der Waals surface area contributed by atoms with Gasteiger partial charge in [-0.1, -0.05) is 15.9 Å². The number of hydrogen-bond donors (Lipinski definition) is 1. The van der Waals surface area contributed by atoms with Crippen molar-refractivity contribution in [2.75, 3.05) is 19.6 Å². The molecule has 1 aliphatic heterocycles. The van der Waals surface area contributed by atoms with Crippen LogP contribution in [0.2, 0.25) is 0 Å². The first-order chi connectivity index (χ1) is 9.58. The minimum Gasteiger partial charge on any atom is -0.330 e. The van der Waals surface area contributed by atoms with Gasteiger partial charge in [0.05, 0.1) is 4.92 Å². The Balaban J connectivity index is 2.03. The summed E-state index contributed by atoms with van der Waals surface area (Å²) in [4.78, 5) is 12.9. The van der Waals surface area contributed by atoms with Crippen LogP contribution in [0.15, 0.2) is 22.7 Å². The second-order valence-corrected chi connectivity index (χ2v) is 6.31. The molecule has 0 radical (unpaired) electrons. The molecule has 110 valence electrons. The number of benzene rings is 1. The van der Waals surface area contributed by atoms with E-state index in [2.05, 4.69) is 20.8 Å². The van der Waals surface area contributed by atoms with Gasteiger partial charge in [0.15, 0.2) is 0 Å². The van der Waals surface area contributed by atoms with Crippen LogP contribution in [0.25, 0.3) is 0 Å². The molecule has 1 saturated heterocycles. The number of nitrogens with two attached hydrogens (primary N) is 1. The van der Waals surface area contributed by atoms with Crippen LogP contribution in [-0.2, 0) is 6.54 Å². The van der Waals surface area contributed by atoms with Crippen LogP contribution in [-0.4, -0.2) is 29.5 Å². The lowest BCUT2D eigenvalue weighted by Crippen LogP contribution is -2.35. The van der Waals surface area contributed by atoms with Crippen molar-refractivity contribution in [3.63, 3.8) is 0 Å². The fraction of sp³-hybridized carbons (Fsp3) is 0.571. The Bertz CT molecular complexity index is 479. The number of rotatable bonds is 5. The van der Waals surface area contributed by atoms with E-state index in [1.54, 1.807) is 6.07 Å². The Hall–Kier alpha value is -0.980. The van der Waals surface area contributed by atoms with Crippen molar-refractivity contribution in [2.24, 2.45) is 11.7 Å². The first-order valence-electron chi connectivity index (χ1n) is 6.95. The van der Waals surface area contributed by atoms with Gasteiger partial charge in [0.1, 0.15) is 0 Å². The van der Waals surface area contributed by atoms with E-state index in [4.69, 9.17) is 5.73 Å². The maximum atomic E-state index is 10.9. The highest BCUT2D eigenvalue weighted by Gasteiger charge is 2.20. The largest absolute Gasteiger partial charge is 0.330 e. The molecule has 0 bridgehead atoms. The Labute approximate surface area is 127 Å². The van der Waals surface area contributed by atoms with Gasteiger partial charge in [-0.2, -0.15) is 0 Å². The van der Waals surface area contributed by atoms with E-state index in [1.165, 1.54) is 18.9 Å². The second-order valence-electron chi connectivity index (χ2n) is 5.40. The summed E-state index contributed by atoms with van der Waals surface area (Å²) in [6, 6.07) is 5.16. The van der Waals surface area contributed by atoms with Gasteiger partial charge in [-0.3, -0.25) is 15.0 Å². The van der Waals surface area contributed by atoms with Gasteiger partial charge in [0, 0.05) is 29.7 Å². The smallest absolute Gasteiger partial charge is 0.270 e. The van der Waals surface area contributed by atoms with Crippen LogP contribution < -0.4 is 5.73 Å². The molecule has 6 heteroatoms. The molecule has 2 rings (SSSR count). The number of likely N-dealkylation sites (tertiary alicyclic amines) is 1. The Morgan fingerprint density at radius 3 is 2.95 bits per heavy atom. The number of nitro groups is 1. The third-order valence-electron chi connectivity index (χ3n) is 3.74. The molecule has 1 atom stereocenters. The predicted molar refractivity (Wildman–Crippen MR) is 82.5 cm³/mol. The molecule has 0 spiro atoms. The van der Waals surface area contributed by atoms with Crippen LogP contribution in [0.1, 0.15) is 24.8 Å². The van der Waals surface area contributed by atoms with Crippen LogP contribution in [0.3, 0.4) is 0 Å². The molecule has 1 aromatic rings. The first kappa shape index (κ1) is 15.4. The molecule has 0 aromatic heterocycles. The lowest BCUT2D eigenvalue weighted by atomic mass is 9.94. The summed E-state index contributed by atoms with van der Waals surface area (Å²) in [6.07, 6.45) is 3.49. The average molecular weight is 342 g/mol. The summed E-state index contributed by atoms with van der Waals surface area (Å²) in [6.45, 7) is 3.60. The van der Waals surface area contributed by atoms with Gasteiger partial charge in [-0.05, 0) is 49.9 Å². The highest BCUT2D eigenvalue weighted by molar-refractivity contribution is 9.10. The van der Waals surface area contributed by atoms with Crippen molar-refractivity contribution >= 4 is 21.6 Å². The number of hydrogen-bond acceptors (Lipinski definition) is 4. The second kappa shape index (κ2) is 7.15. The summed E-state index contributed by atoms with van der Waals surface area (Å²) in [5.74, 6) is 0.663. The van der Waals surface area contributed by atoms with E-state index in [1.807, 2.05) is 6.07 Å². The molecular formula is C14H20BrN3O2. The van der Waals surface area contributed by atoms with E-state index >= 15 is 0 Å². The van der Waals surface area contributed by atoms with Crippen molar-refractivity contribution in [3.8, 4) is 0 Å². The monoisotopic (exact) mass is 341 g/mol. The average Bonchev–Trinajstić information content (AvgIpc) is 2.38. The van der Waals surface area contributed by atoms with Gasteiger partial charge in [0.25, 0.3) is 5.69 Å². The molecular weight excluding hydrogens is 322 g/mol. The summed E-state index contributed by atoms with van der Waals surface area (Å²) in [5, 5.41) is 10.9. The van der Waals surface area contributed by atoms with Crippen molar-refractivity contribution < 1.29 is 4.92 Å². The SMILES string of the molecule is NCCC1CCCN(Cc2cc(Br)cc([N+](=O)[O-])c2)C1. The minimum atomic E-state index is -0.346. The summed E-state index contributed by atoms with van der Waals surface area (Å²) >= 11 is 3.34. The van der Waals surface area contributed by atoms with Gasteiger partial charge >= 0.3 is 0 Å². The molecule has 0 saturated carbocycles. The number of nitro benzene ring substituents is 1. The molecule has 1 aromatic carbocycles. The lowest BCUT2D eigenvalue weighted by Gasteiger charge is -2.32. The van der Waals surface area contributed by atoms with Crippen LogP contribution >= 0.6 is 15.9 Å². The van der Waals surface area contributed by atoms with Gasteiger partial charge in [-0.25, -0.2) is 0 Å². The molecule has 1 fully saturated rings. The molecule has 0 amide bonds. The normalized spacial score (nSPS) is 20.0. The molecule has 5 nitrogen and oxygen atoms in total. The summed E-state index contributed by atoms with van der Waals surface area (Å²) in [5.41, 5.74) is 6.76. The maximum absolute atomic E-state index is 10.9. The van der Waals surface area contributed by atoms with Crippen LogP contribution in [0, 0.1) is 16.0 Å². The molecule has 2 N–H and O–H groups in total. The quantitative estimate of drug-likeness (QED) is 0.660. The van der Waals surface area contributed by atoms with E-state index < -0.39 is 0 Å². The summed E-state index contributed by atoms with van der Waals surface area (Å²) in [7, 11) is 0. The molecule has 0 aliphatic carbocycles. The topological polar surface area (TPSA) is 72.4 Å². The minimum absolute atomic E-state index is 0.143. The van der Waals surface area contributed by atoms with Crippen molar-refractivity contribution in [1.29, 1.82) is 0 Å². The first-order valence-corrected chi connectivity index (χ1v) is 7.74. The molecule has 1 aliphatic rings. The van der Waals surface area contributed by atoms with E-state index in [0.29, 0.717) is 5.92 Å². The lowest BCUT2D eigenvalue weighted by molar-refractivity contribution is -0.385. The molecule has 1 heterocycles. The fourth-order valence-corrected chi connectivity index (χ4v) is 3.38. The van der Waals surface area contributed by atoms with Crippen LogP contribution in [0.5, 0.6) is 0 Å². The third-order valence-corrected chi connectivity index (χ3v) is 4.20. The van der Waals surface area contributed by atoms with Gasteiger partial charge in [-0.15, -0.1) is 0 Å². The zero-order valence-corrected chi connectivity index (χ0v) is 13.0. The van der Waals surface area contributed by atoms with Gasteiger partial charge < -0.3 is 5.73 Å². The van der Waals surface area contributed by atoms with Crippen molar-refractivity contribution in [3.05, 3.63) is 38.3 Å². The maximum Gasteiger partial charge on any atom is 0.270 e. The number of piperidine rings is 1. The van der Waals surface area contributed by atoms with Crippen molar-refractivity contribution in [1.82, 2.24) is 4.90 Å². The van der Waals surface area contributed by atoms with E-state index in [0.717, 1.165) is 42.6 Å². The van der Waals surface area contributed by atoms with E-state index in [9.17, 15) is 10.1 Å². The zero-order chi connectivity index (χ0) is 14.5. The zero-order valence-electron chi connectivity index (χ0n) is 11.4. The number of non-ortho nitro benzene ring substituents is 1. The predicted octanol–water partition coefficient (Wildman–Crippen LogP) is 2.92. The number of nitrogens with zero attached hydrogens (tertiary/aromatic N) is 2. The Morgan fingerprint density at radius 1 is 1.45 bits per heavy atom. The standard InChI is InChI=1S/C14H20BrN3O2/c15-13-6-12(7-14(8-13)18(19)20)10-17-5-1-2-11(9-17)3-4-16/h6-8,11H,1-5,9-10,16H2. The highest BCUT2D eigenvalue weighted by atomic mass is 79.9. The van der Waals surface area contributed by atoms with Gasteiger partial charge in [0.2, 0.25) is 0 Å². The fourth-order valence-electron chi connectivity index (χ4n) is 2.85. The third kappa shape index (κ3) is 4.26.